The molecule has 2 aromatic rings. The number of pyridine rings is 1. The van der Waals surface area contributed by atoms with Gasteiger partial charge in [0.05, 0.1) is 12.7 Å². The van der Waals surface area contributed by atoms with Crippen LogP contribution in [0.5, 0.6) is 0 Å². The van der Waals surface area contributed by atoms with Gasteiger partial charge in [0, 0.05) is 25.0 Å². The molecule has 2 heterocycles. The molecule has 9 heteroatoms. The van der Waals surface area contributed by atoms with E-state index < -0.39 is 17.8 Å². The molecule has 24 heavy (non-hydrogen) atoms. The lowest BCUT2D eigenvalue weighted by Gasteiger charge is -2.26. The Morgan fingerprint density at radius 2 is 2.08 bits per heavy atom. The van der Waals surface area contributed by atoms with E-state index in [1.807, 2.05) is 0 Å². The molecule has 1 aliphatic rings. The van der Waals surface area contributed by atoms with Crippen molar-refractivity contribution >= 4 is 23.5 Å². The lowest BCUT2D eigenvalue weighted by atomic mass is 9.86. The fourth-order valence-electron chi connectivity index (χ4n) is 2.69. The first-order valence-corrected chi connectivity index (χ1v) is 7.51. The quantitative estimate of drug-likeness (QED) is 0.868. The number of hydrogen-bond donors (Lipinski definition) is 1. The Morgan fingerprint density at radius 3 is 2.75 bits per heavy atom. The van der Waals surface area contributed by atoms with E-state index in [0.29, 0.717) is 11.2 Å². The zero-order valence-electron chi connectivity index (χ0n) is 13.0. The normalized spacial score (nSPS) is 17.6. The van der Waals surface area contributed by atoms with Gasteiger partial charge in [-0.05, 0) is 25.0 Å². The van der Waals surface area contributed by atoms with Crippen LogP contribution in [0, 0.1) is 5.92 Å². The zero-order valence-corrected chi connectivity index (χ0v) is 13.0. The number of ether oxygens (including phenoxy) is 1. The molecule has 1 aliphatic carbocycles. The van der Waals surface area contributed by atoms with Crippen LogP contribution in [0.2, 0.25) is 0 Å². The van der Waals surface area contributed by atoms with E-state index in [1.54, 1.807) is 0 Å². The maximum atomic E-state index is 13.1. The van der Waals surface area contributed by atoms with Crippen molar-refractivity contribution in [1.29, 1.82) is 0 Å². The molecule has 1 amide bonds. The molecule has 0 aromatic carbocycles. The first-order valence-electron chi connectivity index (χ1n) is 7.51. The number of amides is 1. The fourth-order valence-corrected chi connectivity index (χ4v) is 2.69. The number of nitrogens with zero attached hydrogens (tertiary/aromatic N) is 3. The maximum Gasteiger partial charge on any atom is 0.338 e. The highest BCUT2D eigenvalue weighted by molar-refractivity contribution is 5.92. The van der Waals surface area contributed by atoms with Crippen LogP contribution in [0.3, 0.4) is 0 Å². The van der Waals surface area contributed by atoms with Gasteiger partial charge in [-0.1, -0.05) is 0 Å². The van der Waals surface area contributed by atoms with Crippen molar-refractivity contribution in [2.24, 2.45) is 5.92 Å². The van der Waals surface area contributed by atoms with Gasteiger partial charge >= 0.3 is 5.97 Å². The summed E-state index contributed by atoms with van der Waals surface area (Å²) < 4.78 is 32.3. The van der Waals surface area contributed by atoms with Gasteiger partial charge in [-0.3, -0.25) is 10.1 Å². The predicted molar refractivity (Wildman–Crippen MR) is 79.9 cm³/mol. The van der Waals surface area contributed by atoms with Crippen molar-refractivity contribution in [3.05, 3.63) is 23.9 Å². The maximum absolute atomic E-state index is 13.1. The summed E-state index contributed by atoms with van der Waals surface area (Å²) in [6, 6.07) is 3.00. The highest BCUT2D eigenvalue weighted by Crippen LogP contribution is 2.36. The molecule has 0 atom stereocenters. The SMILES string of the molecule is COC(=O)c1ccn2nc(NC(=O)C3CCC(F)(F)CC3)nc2c1. The predicted octanol–water partition coefficient (Wildman–Crippen LogP) is 2.28. The second kappa shape index (κ2) is 6.14. The second-order valence-corrected chi connectivity index (χ2v) is 5.76. The van der Waals surface area contributed by atoms with E-state index >= 15 is 0 Å². The smallest absolute Gasteiger partial charge is 0.338 e. The van der Waals surface area contributed by atoms with Crippen LogP contribution >= 0.6 is 0 Å². The number of nitrogens with one attached hydrogen (secondary N) is 1. The molecular formula is C15H16F2N4O3. The molecule has 3 rings (SSSR count). The number of aromatic nitrogens is 3. The van der Waals surface area contributed by atoms with Crippen molar-refractivity contribution in [3.8, 4) is 0 Å². The molecule has 0 aliphatic heterocycles. The summed E-state index contributed by atoms with van der Waals surface area (Å²) in [6.07, 6.45) is 1.22. The van der Waals surface area contributed by atoms with Crippen LogP contribution in [0.4, 0.5) is 14.7 Å². The number of fused-ring (bicyclic) bond motifs is 1. The summed E-state index contributed by atoms with van der Waals surface area (Å²) in [5, 5.41) is 6.62. The van der Waals surface area contributed by atoms with E-state index in [1.165, 1.54) is 30.0 Å². The monoisotopic (exact) mass is 338 g/mol. The first-order chi connectivity index (χ1) is 11.4. The lowest BCUT2D eigenvalue weighted by molar-refractivity contribution is -0.124. The summed E-state index contributed by atoms with van der Waals surface area (Å²) in [6.45, 7) is 0. The zero-order chi connectivity index (χ0) is 17.3. The van der Waals surface area contributed by atoms with Gasteiger partial charge in [0.2, 0.25) is 17.8 Å². The topological polar surface area (TPSA) is 85.6 Å². The number of halogens is 2. The van der Waals surface area contributed by atoms with Gasteiger partial charge < -0.3 is 4.74 Å². The van der Waals surface area contributed by atoms with E-state index in [2.05, 4.69) is 20.1 Å². The number of anilines is 1. The highest BCUT2D eigenvalue weighted by atomic mass is 19.3. The number of carbonyl (C=O) groups excluding carboxylic acids is 2. The number of esters is 1. The number of hydrogen-bond acceptors (Lipinski definition) is 5. The molecule has 7 nitrogen and oxygen atoms in total. The minimum atomic E-state index is -2.68. The highest BCUT2D eigenvalue weighted by Gasteiger charge is 2.37. The van der Waals surface area contributed by atoms with Gasteiger partial charge in [-0.15, -0.1) is 5.10 Å². The van der Waals surface area contributed by atoms with Crippen LogP contribution in [0.25, 0.3) is 5.65 Å². The second-order valence-electron chi connectivity index (χ2n) is 5.76. The molecule has 0 radical (unpaired) electrons. The molecule has 0 bridgehead atoms. The summed E-state index contributed by atoms with van der Waals surface area (Å²) in [5.74, 6) is -3.95. The van der Waals surface area contributed by atoms with Crippen LogP contribution in [-0.4, -0.2) is 39.5 Å². The van der Waals surface area contributed by atoms with Crippen molar-refractivity contribution in [3.63, 3.8) is 0 Å². The molecule has 0 saturated heterocycles. The Morgan fingerprint density at radius 1 is 1.38 bits per heavy atom. The summed E-state index contributed by atoms with van der Waals surface area (Å²) >= 11 is 0. The Labute approximate surface area is 136 Å². The third-order valence-electron chi connectivity index (χ3n) is 4.08. The van der Waals surface area contributed by atoms with Crippen molar-refractivity contribution in [2.45, 2.75) is 31.6 Å². The van der Waals surface area contributed by atoms with E-state index in [0.717, 1.165) is 0 Å². The van der Waals surface area contributed by atoms with Crippen molar-refractivity contribution in [2.75, 3.05) is 12.4 Å². The number of rotatable bonds is 3. The molecule has 1 N–H and O–H groups in total. The van der Waals surface area contributed by atoms with Crippen LogP contribution in [0.15, 0.2) is 18.3 Å². The largest absolute Gasteiger partial charge is 0.465 e. The average molecular weight is 338 g/mol. The van der Waals surface area contributed by atoms with Crippen molar-refractivity contribution < 1.29 is 23.1 Å². The first kappa shape index (κ1) is 16.3. The Balaban J connectivity index is 1.71. The molecule has 1 fully saturated rings. The summed E-state index contributed by atoms with van der Waals surface area (Å²) in [5.41, 5.74) is 0.674. The van der Waals surface area contributed by atoms with Crippen LogP contribution < -0.4 is 5.32 Å². The fraction of sp³-hybridized carbons (Fsp3) is 0.467. The minimum absolute atomic E-state index is 0.0688. The molecule has 1 saturated carbocycles. The molecule has 2 aromatic heterocycles. The van der Waals surface area contributed by atoms with Crippen LogP contribution in [-0.2, 0) is 9.53 Å². The number of alkyl halides is 2. The Hall–Kier alpha value is -2.58. The Bertz CT molecular complexity index is 780. The van der Waals surface area contributed by atoms with Gasteiger partial charge in [0.1, 0.15) is 0 Å². The molecular weight excluding hydrogens is 322 g/mol. The number of methoxy groups -OCH3 is 1. The van der Waals surface area contributed by atoms with E-state index in [9.17, 15) is 18.4 Å². The van der Waals surface area contributed by atoms with Gasteiger partial charge in [-0.2, -0.15) is 4.98 Å². The van der Waals surface area contributed by atoms with E-state index in [-0.39, 0.29) is 37.5 Å². The average Bonchev–Trinajstić information content (AvgIpc) is 2.95. The van der Waals surface area contributed by atoms with Gasteiger partial charge in [-0.25, -0.2) is 18.1 Å². The third-order valence-corrected chi connectivity index (χ3v) is 4.08. The minimum Gasteiger partial charge on any atom is -0.465 e. The van der Waals surface area contributed by atoms with Gasteiger partial charge in [0.25, 0.3) is 0 Å². The third kappa shape index (κ3) is 3.34. The molecule has 0 spiro atoms. The standard InChI is InChI=1S/C15H16F2N4O3/c1-24-13(23)10-4-7-21-11(8-10)18-14(20-21)19-12(22)9-2-5-15(16,17)6-3-9/h4,7-9H,2-3,5-6H2,1H3,(H,19,20,22). The molecule has 0 unspecified atom stereocenters. The van der Waals surface area contributed by atoms with E-state index in [4.69, 9.17) is 0 Å². The summed E-state index contributed by atoms with van der Waals surface area (Å²) in [4.78, 5) is 27.8. The Kier molecular flexibility index (Phi) is 4.16. The van der Waals surface area contributed by atoms with Gasteiger partial charge in [0.15, 0.2) is 5.65 Å². The number of carbonyl (C=O) groups is 2. The van der Waals surface area contributed by atoms with Crippen LogP contribution in [0.1, 0.15) is 36.0 Å². The lowest BCUT2D eigenvalue weighted by Crippen LogP contribution is -2.32. The van der Waals surface area contributed by atoms with Crippen molar-refractivity contribution in [1.82, 2.24) is 14.6 Å². The molecule has 128 valence electrons. The summed E-state index contributed by atoms with van der Waals surface area (Å²) in [7, 11) is 1.27.